The normalized spacial score (nSPS) is 12.2. The van der Waals surface area contributed by atoms with Crippen LogP contribution in [0.25, 0.3) is 12.2 Å². The highest BCUT2D eigenvalue weighted by molar-refractivity contribution is 5.92. The maximum absolute atomic E-state index is 13.1. The number of carbonyl (C=O) groups excluding carboxylic acids is 4. The fourth-order valence-corrected chi connectivity index (χ4v) is 6.01. The van der Waals surface area contributed by atoms with Crippen molar-refractivity contribution < 1.29 is 91.5 Å². The average molecular weight is 1000 g/mol. The van der Waals surface area contributed by atoms with Crippen LogP contribution in [-0.2, 0) is 19.1 Å². The van der Waals surface area contributed by atoms with Crippen LogP contribution in [0.3, 0.4) is 0 Å². The molecule has 0 aliphatic heterocycles. The summed E-state index contributed by atoms with van der Waals surface area (Å²) in [6.45, 7) is -1.10. The Morgan fingerprint density at radius 3 is 1.15 bits per heavy atom. The van der Waals surface area contributed by atoms with Crippen LogP contribution in [0.15, 0.2) is 140 Å². The number of benzene rings is 5. The van der Waals surface area contributed by atoms with Crippen LogP contribution < -0.4 is 18.9 Å². The van der Waals surface area contributed by atoms with E-state index in [1.807, 2.05) is 0 Å². The van der Waals surface area contributed by atoms with Gasteiger partial charge >= 0.3 is 48.1 Å². The summed E-state index contributed by atoms with van der Waals surface area (Å²) in [7, 11) is 0. The predicted molar refractivity (Wildman–Crippen MR) is 236 cm³/mol. The van der Waals surface area contributed by atoms with Crippen molar-refractivity contribution in [1.29, 1.82) is 0 Å². The molecule has 0 aliphatic carbocycles. The molecule has 0 heterocycles. The number of ether oxygens (including phenoxy) is 6. The Morgan fingerprint density at radius 2 is 0.803 bits per heavy atom. The lowest BCUT2D eigenvalue weighted by Crippen LogP contribution is -2.36. The molecule has 0 atom stereocenters. The van der Waals surface area contributed by atoms with Crippen molar-refractivity contribution >= 4 is 36.0 Å². The monoisotopic (exact) mass is 1000 g/mol. The van der Waals surface area contributed by atoms with Gasteiger partial charge in [-0.15, -0.1) is 0 Å². The third kappa shape index (κ3) is 17.4. The van der Waals surface area contributed by atoms with E-state index in [1.54, 1.807) is 54.6 Å². The van der Waals surface area contributed by atoms with E-state index in [1.165, 1.54) is 97.1 Å². The molecule has 5 rings (SSSR count). The lowest BCUT2D eigenvalue weighted by atomic mass is 10.0. The minimum absolute atomic E-state index is 0.103. The van der Waals surface area contributed by atoms with E-state index < -0.39 is 92.9 Å². The Kier molecular flexibility index (Phi) is 18.9. The summed E-state index contributed by atoms with van der Waals surface area (Å²) in [5.74, 6) is -12.5. The van der Waals surface area contributed by atoms with E-state index in [4.69, 9.17) is 28.4 Å². The van der Waals surface area contributed by atoms with E-state index in [0.717, 1.165) is 5.56 Å². The van der Waals surface area contributed by atoms with Crippen molar-refractivity contribution in [3.8, 4) is 23.0 Å². The molecule has 10 nitrogen and oxygen atoms in total. The van der Waals surface area contributed by atoms with Crippen molar-refractivity contribution in [1.82, 2.24) is 0 Å². The molecule has 0 fully saturated rings. The molecule has 0 N–H and O–H groups in total. The minimum Gasteiger partial charge on any atom is -0.494 e. The van der Waals surface area contributed by atoms with Crippen molar-refractivity contribution in [3.63, 3.8) is 0 Å². The quantitative estimate of drug-likeness (QED) is 0.0205. The molecule has 5 aromatic rings. The number of halogens is 10. The summed E-state index contributed by atoms with van der Waals surface area (Å²) in [4.78, 5) is 50.6. The van der Waals surface area contributed by atoms with E-state index >= 15 is 0 Å². The molecule has 5 aromatic carbocycles. The summed E-state index contributed by atoms with van der Waals surface area (Å²) in [5, 5.41) is 0. The van der Waals surface area contributed by atoms with Gasteiger partial charge < -0.3 is 28.4 Å². The van der Waals surface area contributed by atoms with Gasteiger partial charge in [-0.25, -0.2) is 19.2 Å². The lowest BCUT2D eigenvalue weighted by molar-refractivity contribution is -0.284. The Morgan fingerprint density at radius 1 is 0.451 bits per heavy atom. The minimum atomic E-state index is -5.64. The number of alkyl halides is 10. The first kappa shape index (κ1) is 54.3. The molecular weight excluding hydrogens is 963 g/mol. The highest BCUT2D eigenvalue weighted by atomic mass is 19.4. The van der Waals surface area contributed by atoms with Crippen LogP contribution in [0, 0.1) is 0 Å². The van der Waals surface area contributed by atoms with Crippen LogP contribution in [0.4, 0.5) is 43.9 Å². The topological polar surface area (TPSA) is 124 Å². The van der Waals surface area contributed by atoms with Gasteiger partial charge in [0.05, 0.1) is 30.3 Å². The molecule has 0 radical (unpaired) electrons. The SMILES string of the molecule is O=C(/C=C/c1ccc(OC(=O)c2ccc(OCCCC(F)(F)C(F)(F)F)cc2)cc1)OCC(COC(=O)/C=C/c1ccc(OC(=O)c2ccc(OCCCC(F)(F)C(F)(F)F)cc2)cc1)c1ccccc1. The third-order valence-corrected chi connectivity index (χ3v) is 9.95. The Labute approximate surface area is 399 Å². The molecule has 0 saturated heterocycles. The second-order valence-electron chi connectivity index (χ2n) is 15.3. The zero-order chi connectivity index (χ0) is 51.7. The highest BCUT2D eigenvalue weighted by Gasteiger charge is 2.57. The molecule has 0 aliphatic rings. The molecule has 0 aromatic heterocycles. The standard InChI is InChI=1S/C51H42F10O10/c52-48(53,50(56,57)58)28-4-30-66-40-22-14-37(15-23-40)46(64)70-42-18-8-34(9-19-42)12-26-44(62)68-32-39(36-6-2-1-3-7-36)33-69-45(63)27-13-35-10-20-43(21-11-35)71-47(65)38-16-24-41(25-17-38)67-31-5-29-49(54,55)51(59,60)61/h1-3,6-27,39H,4-5,28-33H2/b26-12+,27-13+. The smallest absolute Gasteiger partial charge is 0.453 e. The van der Waals surface area contributed by atoms with Gasteiger partial charge in [-0.1, -0.05) is 54.6 Å². The van der Waals surface area contributed by atoms with Gasteiger partial charge in [-0.05, 0) is 114 Å². The Bertz CT molecular complexity index is 2420. The molecule has 20 heteroatoms. The zero-order valence-electron chi connectivity index (χ0n) is 37.0. The van der Waals surface area contributed by atoms with Gasteiger partial charge in [-0.2, -0.15) is 43.9 Å². The Hall–Kier alpha value is -7.64. The van der Waals surface area contributed by atoms with Crippen LogP contribution >= 0.6 is 0 Å². The summed E-state index contributed by atoms with van der Waals surface area (Å²) in [5.41, 5.74) is 2.03. The predicted octanol–water partition coefficient (Wildman–Crippen LogP) is 12.4. The van der Waals surface area contributed by atoms with Crippen LogP contribution in [0.5, 0.6) is 23.0 Å². The molecule has 71 heavy (non-hydrogen) atoms. The summed E-state index contributed by atoms with van der Waals surface area (Å²) in [6.07, 6.45) is -9.97. The fraction of sp³-hybridized carbons (Fsp3) is 0.255. The van der Waals surface area contributed by atoms with Gasteiger partial charge in [0, 0.05) is 25.0 Å². The van der Waals surface area contributed by atoms with Crippen LogP contribution in [0.2, 0.25) is 0 Å². The number of hydrogen-bond donors (Lipinski definition) is 0. The van der Waals surface area contributed by atoms with Gasteiger partial charge in [0.2, 0.25) is 0 Å². The van der Waals surface area contributed by atoms with E-state index in [-0.39, 0.29) is 47.3 Å². The molecule has 376 valence electrons. The second kappa shape index (κ2) is 24.8. The first-order valence-electron chi connectivity index (χ1n) is 21.3. The van der Waals surface area contributed by atoms with Crippen molar-refractivity contribution in [3.05, 3.63) is 167 Å². The molecule has 0 unspecified atom stereocenters. The van der Waals surface area contributed by atoms with E-state index in [2.05, 4.69) is 0 Å². The highest BCUT2D eigenvalue weighted by Crippen LogP contribution is 2.40. The fourth-order valence-electron chi connectivity index (χ4n) is 6.01. The molecule has 0 spiro atoms. The lowest BCUT2D eigenvalue weighted by Gasteiger charge is -2.19. The average Bonchev–Trinajstić information content (AvgIpc) is 3.33. The van der Waals surface area contributed by atoms with Gasteiger partial charge in [-0.3, -0.25) is 0 Å². The van der Waals surface area contributed by atoms with E-state index in [0.29, 0.717) is 11.1 Å². The molecule has 0 saturated carbocycles. The van der Waals surface area contributed by atoms with Crippen molar-refractivity contribution in [2.45, 2.75) is 55.8 Å². The maximum atomic E-state index is 13.1. The summed E-state index contributed by atoms with van der Waals surface area (Å²) in [6, 6.07) is 31.7. The van der Waals surface area contributed by atoms with E-state index in [9.17, 15) is 63.1 Å². The van der Waals surface area contributed by atoms with Gasteiger partial charge in [0.15, 0.2) is 0 Å². The largest absolute Gasteiger partial charge is 0.494 e. The first-order chi connectivity index (χ1) is 33.6. The number of esters is 4. The van der Waals surface area contributed by atoms with Crippen molar-refractivity contribution in [2.24, 2.45) is 0 Å². The van der Waals surface area contributed by atoms with Crippen molar-refractivity contribution in [2.75, 3.05) is 26.4 Å². The number of hydrogen-bond acceptors (Lipinski definition) is 10. The van der Waals surface area contributed by atoms with Crippen LogP contribution in [-0.4, -0.2) is 74.5 Å². The summed E-state index contributed by atoms with van der Waals surface area (Å²) < 4.78 is 158. The molecule has 0 bridgehead atoms. The molecular formula is C51H42F10O10. The summed E-state index contributed by atoms with van der Waals surface area (Å²) >= 11 is 0. The number of carbonyl (C=O) groups is 4. The maximum Gasteiger partial charge on any atom is 0.453 e. The van der Waals surface area contributed by atoms with Gasteiger partial charge in [0.25, 0.3) is 0 Å². The Balaban J connectivity index is 1.03. The van der Waals surface area contributed by atoms with Crippen LogP contribution in [0.1, 0.15) is 69.0 Å². The molecule has 0 amide bonds. The first-order valence-corrected chi connectivity index (χ1v) is 21.3. The zero-order valence-corrected chi connectivity index (χ0v) is 37.0. The second-order valence-corrected chi connectivity index (χ2v) is 15.3. The number of rotatable bonds is 23. The third-order valence-electron chi connectivity index (χ3n) is 9.95. The van der Waals surface area contributed by atoms with Gasteiger partial charge in [0.1, 0.15) is 36.2 Å².